The van der Waals surface area contributed by atoms with Gasteiger partial charge < -0.3 is 19.7 Å². The maximum Gasteiger partial charge on any atom is 0.317 e. The lowest BCUT2D eigenvalue weighted by Gasteiger charge is -2.34. The van der Waals surface area contributed by atoms with Gasteiger partial charge in [0.15, 0.2) is 0 Å². The fourth-order valence-corrected chi connectivity index (χ4v) is 2.62. The zero-order valence-corrected chi connectivity index (χ0v) is 14.8. The van der Waals surface area contributed by atoms with Gasteiger partial charge in [0.2, 0.25) is 0 Å². The van der Waals surface area contributed by atoms with Crippen molar-refractivity contribution >= 4 is 6.03 Å². The number of carbonyl (C=O) groups is 1. The van der Waals surface area contributed by atoms with E-state index in [-0.39, 0.29) is 6.03 Å². The van der Waals surface area contributed by atoms with Gasteiger partial charge in [-0.15, -0.1) is 0 Å². The van der Waals surface area contributed by atoms with Gasteiger partial charge in [-0.25, -0.2) is 4.79 Å². The molecule has 1 heterocycles. The normalized spacial score (nSPS) is 15.2. The first-order chi connectivity index (χ1) is 11.7. The molecule has 0 atom stereocenters. The maximum atomic E-state index is 12.0. The number of unbranched alkanes of at least 4 members (excludes halogenated alkanes) is 1. The second kappa shape index (κ2) is 10.0. The van der Waals surface area contributed by atoms with Gasteiger partial charge in [0.25, 0.3) is 0 Å². The molecule has 1 aliphatic rings. The molecule has 24 heavy (non-hydrogen) atoms. The zero-order valence-electron chi connectivity index (χ0n) is 14.8. The van der Waals surface area contributed by atoms with Crippen LogP contribution in [0.2, 0.25) is 0 Å². The van der Waals surface area contributed by atoms with Gasteiger partial charge in [-0.05, 0) is 30.7 Å². The van der Waals surface area contributed by atoms with Crippen molar-refractivity contribution < 1.29 is 14.3 Å². The number of hydrogen-bond acceptors (Lipinski definition) is 4. The molecule has 6 heteroatoms. The van der Waals surface area contributed by atoms with Gasteiger partial charge in [-0.1, -0.05) is 13.3 Å². The number of amides is 2. The SMILES string of the molecule is CCCCNC(=O)N1CCN(CCOc2ccc(OC)cc2)CC1. The van der Waals surface area contributed by atoms with Crippen molar-refractivity contribution in [1.29, 1.82) is 0 Å². The van der Waals surface area contributed by atoms with Gasteiger partial charge in [0.1, 0.15) is 18.1 Å². The minimum Gasteiger partial charge on any atom is -0.497 e. The number of piperazine rings is 1. The number of benzene rings is 1. The highest BCUT2D eigenvalue weighted by Crippen LogP contribution is 2.16. The smallest absolute Gasteiger partial charge is 0.317 e. The highest BCUT2D eigenvalue weighted by molar-refractivity contribution is 5.74. The van der Waals surface area contributed by atoms with Gasteiger partial charge in [-0.3, -0.25) is 4.90 Å². The van der Waals surface area contributed by atoms with Crippen LogP contribution < -0.4 is 14.8 Å². The first-order valence-electron chi connectivity index (χ1n) is 8.75. The van der Waals surface area contributed by atoms with Crippen LogP contribution in [0.4, 0.5) is 4.79 Å². The quantitative estimate of drug-likeness (QED) is 0.740. The monoisotopic (exact) mass is 335 g/mol. The summed E-state index contributed by atoms with van der Waals surface area (Å²) in [5, 5.41) is 2.98. The lowest BCUT2D eigenvalue weighted by molar-refractivity contribution is 0.126. The number of hydrogen-bond donors (Lipinski definition) is 1. The highest BCUT2D eigenvalue weighted by Gasteiger charge is 2.20. The summed E-state index contributed by atoms with van der Waals surface area (Å²) >= 11 is 0. The predicted molar refractivity (Wildman–Crippen MR) is 94.8 cm³/mol. The molecular formula is C18H29N3O3. The van der Waals surface area contributed by atoms with E-state index in [4.69, 9.17) is 9.47 Å². The van der Waals surface area contributed by atoms with Crippen molar-refractivity contribution in [3.63, 3.8) is 0 Å². The van der Waals surface area contributed by atoms with Crippen molar-refractivity contribution in [2.45, 2.75) is 19.8 Å². The van der Waals surface area contributed by atoms with Crippen molar-refractivity contribution in [1.82, 2.24) is 15.1 Å². The average molecular weight is 335 g/mol. The molecular weight excluding hydrogens is 306 g/mol. The van der Waals surface area contributed by atoms with Crippen LogP contribution in [-0.2, 0) is 0 Å². The average Bonchev–Trinajstić information content (AvgIpc) is 2.63. The molecule has 134 valence electrons. The van der Waals surface area contributed by atoms with E-state index >= 15 is 0 Å². The Morgan fingerprint density at radius 3 is 2.42 bits per heavy atom. The lowest BCUT2D eigenvalue weighted by atomic mass is 10.3. The number of rotatable bonds is 8. The summed E-state index contributed by atoms with van der Waals surface area (Å²) in [6.45, 7) is 7.76. The van der Waals surface area contributed by atoms with Crippen LogP contribution in [0.15, 0.2) is 24.3 Å². The fourth-order valence-electron chi connectivity index (χ4n) is 2.62. The Morgan fingerprint density at radius 1 is 1.12 bits per heavy atom. The minimum atomic E-state index is 0.0672. The van der Waals surface area contributed by atoms with E-state index in [1.165, 1.54) is 0 Å². The Balaban J connectivity index is 1.61. The molecule has 0 unspecified atom stereocenters. The van der Waals surface area contributed by atoms with Crippen LogP contribution in [0.3, 0.4) is 0 Å². The molecule has 0 spiro atoms. The van der Waals surface area contributed by atoms with E-state index in [1.54, 1.807) is 7.11 Å². The standard InChI is InChI=1S/C18H29N3O3/c1-3-4-9-19-18(22)21-12-10-20(11-13-21)14-15-24-17-7-5-16(23-2)6-8-17/h5-8H,3-4,9-15H2,1-2H3,(H,19,22). The van der Waals surface area contributed by atoms with Crippen LogP contribution in [0.5, 0.6) is 11.5 Å². The minimum absolute atomic E-state index is 0.0672. The fraction of sp³-hybridized carbons (Fsp3) is 0.611. The molecule has 2 amide bonds. The van der Waals surface area contributed by atoms with E-state index in [0.717, 1.165) is 63.6 Å². The van der Waals surface area contributed by atoms with Crippen molar-refractivity contribution in [3.05, 3.63) is 24.3 Å². The number of methoxy groups -OCH3 is 1. The number of nitrogens with one attached hydrogen (secondary N) is 1. The topological polar surface area (TPSA) is 54.0 Å². The molecule has 1 saturated heterocycles. The molecule has 1 aromatic rings. The number of nitrogens with zero attached hydrogens (tertiary/aromatic N) is 2. The van der Waals surface area contributed by atoms with E-state index in [0.29, 0.717) is 6.61 Å². The predicted octanol–water partition coefficient (Wildman–Crippen LogP) is 2.20. The van der Waals surface area contributed by atoms with E-state index in [9.17, 15) is 4.79 Å². The van der Waals surface area contributed by atoms with E-state index in [2.05, 4.69) is 17.1 Å². The van der Waals surface area contributed by atoms with Crippen molar-refractivity contribution in [2.75, 3.05) is 53.0 Å². The summed E-state index contributed by atoms with van der Waals surface area (Å²) in [5.41, 5.74) is 0. The number of urea groups is 1. The second-order valence-corrected chi connectivity index (χ2v) is 5.94. The number of carbonyl (C=O) groups excluding carboxylic acids is 1. The summed E-state index contributed by atoms with van der Waals surface area (Å²) in [6.07, 6.45) is 2.14. The molecule has 2 rings (SSSR count). The summed E-state index contributed by atoms with van der Waals surface area (Å²) in [7, 11) is 1.65. The van der Waals surface area contributed by atoms with E-state index < -0.39 is 0 Å². The molecule has 0 aliphatic carbocycles. The van der Waals surface area contributed by atoms with Gasteiger partial charge in [0, 0.05) is 39.3 Å². The van der Waals surface area contributed by atoms with Gasteiger partial charge in [0.05, 0.1) is 7.11 Å². The Bertz CT molecular complexity index is 485. The van der Waals surface area contributed by atoms with Crippen LogP contribution >= 0.6 is 0 Å². The molecule has 1 fully saturated rings. The Labute approximate surface area is 144 Å². The van der Waals surface area contributed by atoms with Crippen molar-refractivity contribution in [2.24, 2.45) is 0 Å². The first kappa shape index (κ1) is 18.4. The summed E-state index contributed by atoms with van der Waals surface area (Å²) in [5.74, 6) is 1.68. The molecule has 6 nitrogen and oxygen atoms in total. The summed E-state index contributed by atoms with van der Waals surface area (Å²) < 4.78 is 10.9. The second-order valence-electron chi connectivity index (χ2n) is 5.94. The highest BCUT2D eigenvalue weighted by atomic mass is 16.5. The molecule has 1 N–H and O–H groups in total. The third kappa shape index (κ3) is 5.92. The third-order valence-corrected chi connectivity index (χ3v) is 4.20. The van der Waals surface area contributed by atoms with Crippen LogP contribution in [-0.4, -0.2) is 68.8 Å². The van der Waals surface area contributed by atoms with Gasteiger partial charge >= 0.3 is 6.03 Å². The Kier molecular flexibility index (Phi) is 7.68. The van der Waals surface area contributed by atoms with Crippen LogP contribution in [0.1, 0.15) is 19.8 Å². The summed E-state index contributed by atoms with van der Waals surface area (Å²) in [6, 6.07) is 7.68. The van der Waals surface area contributed by atoms with Crippen LogP contribution in [0.25, 0.3) is 0 Å². The number of ether oxygens (including phenoxy) is 2. The lowest BCUT2D eigenvalue weighted by Crippen LogP contribution is -2.52. The Morgan fingerprint density at radius 2 is 1.79 bits per heavy atom. The molecule has 0 saturated carbocycles. The first-order valence-corrected chi connectivity index (χ1v) is 8.75. The van der Waals surface area contributed by atoms with Gasteiger partial charge in [-0.2, -0.15) is 0 Å². The maximum absolute atomic E-state index is 12.0. The van der Waals surface area contributed by atoms with E-state index in [1.807, 2.05) is 29.2 Å². The van der Waals surface area contributed by atoms with Crippen molar-refractivity contribution in [3.8, 4) is 11.5 Å². The molecule has 0 aromatic heterocycles. The third-order valence-electron chi connectivity index (χ3n) is 4.20. The van der Waals surface area contributed by atoms with Crippen LogP contribution in [0, 0.1) is 0 Å². The molecule has 0 bridgehead atoms. The molecule has 1 aliphatic heterocycles. The zero-order chi connectivity index (χ0) is 17.2. The Hall–Kier alpha value is -1.95. The molecule has 1 aromatic carbocycles. The summed E-state index contributed by atoms with van der Waals surface area (Å²) in [4.78, 5) is 16.2. The molecule has 0 radical (unpaired) electrons. The largest absolute Gasteiger partial charge is 0.497 e.